The Labute approximate surface area is 204 Å². The molecule has 1 aliphatic heterocycles. The minimum atomic E-state index is -1.28. The van der Waals surface area contributed by atoms with E-state index in [1.165, 1.54) is 13.2 Å². The number of imidazole rings is 1. The standard InChI is InChI=1S/C25H22F4N4O3/c1-14-12-32(13-30-14)21-6-5-15(9-22(21)36-2)8-20(29)24(34)31-33-7-3-4-17(25(33)35)23-18(27)10-16(26)11-19(23)28/h5-6,8-13,17H,3-4,7H2,1-2H3,(H,31,34)/b20-8-. The fourth-order valence-electron chi connectivity index (χ4n) is 4.08. The number of aromatic nitrogens is 2. The number of piperidine rings is 1. The van der Waals surface area contributed by atoms with Gasteiger partial charge in [-0.15, -0.1) is 0 Å². The van der Waals surface area contributed by atoms with E-state index in [0.29, 0.717) is 29.1 Å². The fourth-order valence-corrected chi connectivity index (χ4v) is 4.08. The highest BCUT2D eigenvalue weighted by atomic mass is 19.1. The van der Waals surface area contributed by atoms with Crippen molar-refractivity contribution in [1.29, 1.82) is 0 Å². The van der Waals surface area contributed by atoms with Gasteiger partial charge in [-0.2, -0.15) is 0 Å². The SMILES string of the molecule is COc1cc(/C=C(\F)C(=O)NN2CCCC(c3c(F)cc(F)cc3F)C2=O)ccc1-n1cnc(C)c1. The summed E-state index contributed by atoms with van der Waals surface area (Å²) in [6, 6.07) is 5.74. The smallest absolute Gasteiger partial charge is 0.298 e. The highest BCUT2D eigenvalue weighted by Crippen LogP contribution is 2.32. The van der Waals surface area contributed by atoms with E-state index in [1.807, 2.05) is 6.92 Å². The van der Waals surface area contributed by atoms with Crippen LogP contribution in [0.25, 0.3) is 11.8 Å². The van der Waals surface area contributed by atoms with E-state index in [-0.39, 0.29) is 19.4 Å². The van der Waals surface area contributed by atoms with Gasteiger partial charge in [-0.25, -0.2) is 22.5 Å². The molecule has 1 N–H and O–H groups in total. The summed E-state index contributed by atoms with van der Waals surface area (Å²) in [4.78, 5) is 29.4. The first-order valence-corrected chi connectivity index (χ1v) is 11.0. The summed E-state index contributed by atoms with van der Waals surface area (Å²) in [5.74, 6) is -7.62. The Bertz CT molecular complexity index is 1330. The van der Waals surface area contributed by atoms with Gasteiger partial charge in [0.25, 0.3) is 5.91 Å². The van der Waals surface area contributed by atoms with Crippen molar-refractivity contribution in [3.63, 3.8) is 0 Å². The number of hydrogen-bond acceptors (Lipinski definition) is 4. The van der Waals surface area contributed by atoms with Crippen LogP contribution in [0.4, 0.5) is 17.6 Å². The van der Waals surface area contributed by atoms with Gasteiger partial charge in [0.05, 0.1) is 30.7 Å². The first kappa shape index (κ1) is 25.0. The molecule has 2 aromatic carbocycles. The van der Waals surface area contributed by atoms with Crippen LogP contribution in [0.5, 0.6) is 5.75 Å². The molecule has 0 saturated carbocycles. The minimum absolute atomic E-state index is 0.0195. The molecule has 1 aromatic heterocycles. The zero-order valence-electron chi connectivity index (χ0n) is 19.4. The largest absolute Gasteiger partial charge is 0.495 e. The summed E-state index contributed by atoms with van der Waals surface area (Å²) in [7, 11) is 1.45. The normalized spacial score (nSPS) is 16.3. The lowest BCUT2D eigenvalue weighted by atomic mass is 9.89. The highest BCUT2D eigenvalue weighted by Gasteiger charge is 2.35. The van der Waals surface area contributed by atoms with Crippen molar-refractivity contribution in [2.45, 2.75) is 25.7 Å². The van der Waals surface area contributed by atoms with Crippen molar-refractivity contribution < 1.29 is 31.9 Å². The third-order valence-corrected chi connectivity index (χ3v) is 5.77. The molecule has 1 fully saturated rings. The molecule has 1 saturated heterocycles. The topological polar surface area (TPSA) is 76.5 Å². The van der Waals surface area contributed by atoms with Crippen LogP contribution in [-0.4, -0.2) is 40.0 Å². The number of hydrazine groups is 1. The van der Waals surface area contributed by atoms with Crippen LogP contribution in [0.1, 0.15) is 35.6 Å². The van der Waals surface area contributed by atoms with E-state index >= 15 is 0 Å². The number of ether oxygens (including phenoxy) is 1. The van der Waals surface area contributed by atoms with Crippen molar-refractivity contribution in [1.82, 2.24) is 20.0 Å². The summed E-state index contributed by atoms with van der Waals surface area (Å²) in [5.41, 5.74) is 3.33. The van der Waals surface area contributed by atoms with E-state index < -0.39 is 46.6 Å². The Kier molecular flexibility index (Phi) is 7.09. The number of aryl methyl sites for hydroxylation is 1. The van der Waals surface area contributed by atoms with Gasteiger partial charge in [0.15, 0.2) is 5.83 Å². The predicted molar refractivity (Wildman–Crippen MR) is 122 cm³/mol. The van der Waals surface area contributed by atoms with Crippen LogP contribution in [0.2, 0.25) is 0 Å². The number of benzene rings is 2. The van der Waals surface area contributed by atoms with Crippen LogP contribution >= 0.6 is 0 Å². The second kappa shape index (κ2) is 10.2. The monoisotopic (exact) mass is 502 g/mol. The lowest BCUT2D eigenvalue weighted by molar-refractivity contribution is -0.144. The molecule has 0 spiro atoms. The average molecular weight is 502 g/mol. The molecule has 11 heteroatoms. The Morgan fingerprint density at radius 2 is 1.92 bits per heavy atom. The van der Waals surface area contributed by atoms with Crippen molar-refractivity contribution in [2.24, 2.45) is 0 Å². The fraction of sp³-hybridized carbons (Fsp3) is 0.240. The Hall–Kier alpha value is -4.15. The summed E-state index contributed by atoms with van der Waals surface area (Å²) < 4.78 is 63.5. The van der Waals surface area contributed by atoms with Crippen LogP contribution in [0.3, 0.4) is 0 Å². The maximum atomic E-state index is 14.7. The molecule has 1 unspecified atom stereocenters. The third kappa shape index (κ3) is 5.09. The number of amides is 2. The summed E-state index contributed by atoms with van der Waals surface area (Å²) in [5, 5.41) is 0.817. The number of carbonyl (C=O) groups is 2. The van der Waals surface area contributed by atoms with E-state index in [4.69, 9.17) is 4.74 Å². The van der Waals surface area contributed by atoms with Gasteiger partial charge in [-0.1, -0.05) is 6.07 Å². The summed E-state index contributed by atoms with van der Waals surface area (Å²) in [6.45, 7) is 1.85. The van der Waals surface area contributed by atoms with Gasteiger partial charge in [-0.05, 0) is 43.5 Å². The van der Waals surface area contributed by atoms with Gasteiger partial charge >= 0.3 is 0 Å². The first-order valence-electron chi connectivity index (χ1n) is 11.0. The van der Waals surface area contributed by atoms with Gasteiger partial charge in [0.2, 0.25) is 5.91 Å². The molecule has 1 atom stereocenters. The summed E-state index contributed by atoms with van der Waals surface area (Å²) >= 11 is 0. The van der Waals surface area contributed by atoms with Gasteiger partial charge in [-0.3, -0.25) is 20.0 Å². The quantitative estimate of drug-likeness (QED) is 0.402. The molecule has 2 amide bonds. The number of carbonyl (C=O) groups excluding carboxylic acids is 2. The predicted octanol–water partition coefficient (Wildman–Crippen LogP) is 4.35. The molecule has 0 bridgehead atoms. The van der Waals surface area contributed by atoms with E-state index in [9.17, 15) is 27.2 Å². The maximum absolute atomic E-state index is 14.7. The van der Waals surface area contributed by atoms with Crippen LogP contribution in [0, 0.1) is 24.4 Å². The van der Waals surface area contributed by atoms with Crippen molar-refractivity contribution in [2.75, 3.05) is 13.7 Å². The van der Waals surface area contributed by atoms with Crippen LogP contribution in [0.15, 0.2) is 48.7 Å². The lowest BCUT2D eigenvalue weighted by Crippen LogP contribution is -2.51. The molecule has 4 rings (SSSR count). The third-order valence-electron chi connectivity index (χ3n) is 5.77. The molecule has 0 aliphatic carbocycles. The first-order chi connectivity index (χ1) is 17.2. The van der Waals surface area contributed by atoms with Gasteiger partial charge in [0, 0.05) is 30.4 Å². The van der Waals surface area contributed by atoms with E-state index in [1.54, 1.807) is 29.2 Å². The number of halogens is 4. The molecule has 188 valence electrons. The molecule has 3 aromatic rings. The highest BCUT2D eigenvalue weighted by molar-refractivity contribution is 5.97. The average Bonchev–Trinajstić information content (AvgIpc) is 3.26. The molecule has 2 heterocycles. The molecular formula is C25H22F4N4O3. The molecule has 36 heavy (non-hydrogen) atoms. The zero-order valence-corrected chi connectivity index (χ0v) is 19.4. The zero-order chi connectivity index (χ0) is 26.0. The van der Waals surface area contributed by atoms with Crippen LogP contribution in [-0.2, 0) is 9.59 Å². The minimum Gasteiger partial charge on any atom is -0.495 e. The second-order valence-electron chi connectivity index (χ2n) is 8.25. The molecule has 0 radical (unpaired) electrons. The maximum Gasteiger partial charge on any atom is 0.298 e. The number of methoxy groups -OCH3 is 1. The van der Waals surface area contributed by atoms with Crippen molar-refractivity contribution >= 4 is 17.9 Å². The van der Waals surface area contributed by atoms with E-state index in [0.717, 1.165) is 16.8 Å². The number of hydrogen-bond donors (Lipinski definition) is 1. The number of rotatable bonds is 6. The number of nitrogens with one attached hydrogen (secondary N) is 1. The lowest BCUT2D eigenvalue weighted by Gasteiger charge is -2.32. The van der Waals surface area contributed by atoms with E-state index in [2.05, 4.69) is 10.4 Å². The van der Waals surface area contributed by atoms with Gasteiger partial charge in [0.1, 0.15) is 23.2 Å². The number of nitrogens with zero attached hydrogens (tertiary/aromatic N) is 3. The van der Waals surface area contributed by atoms with Crippen LogP contribution < -0.4 is 10.2 Å². The molecular weight excluding hydrogens is 480 g/mol. The van der Waals surface area contributed by atoms with Crippen molar-refractivity contribution in [3.05, 3.63) is 83.0 Å². The van der Waals surface area contributed by atoms with Gasteiger partial charge < -0.3 is 9.30 Å². The van der Waals surface area contributed by atoms with Crippen molar-refractivity contribution in [3.8, 4) is 11.4 Å². The Morgan fingerprint density at radius 3 is 2.56 bits per heavy atom. The molecule has 1 aliphatic rings. The summed E-state index contributed by atoms with van der Waals surface area (Å²) in [6.07, 6.45) is 4.72. The second-order valence-corrected chi connectivity index (χ2v) is 8.25. The molecule has 7 nitrogen and oxygen atoms in total. The Balaban J connectivity index is 1.50. The Morgan fingerprint density at radius 1 is 1.19 bits per heavy atom.